The number of rotatable bonds is 7. The Morgan fingerprint density at radius 2 is 1.71 bits per heavy atom. The standard InChI is InChI=1S/C19H16O5/c1-3-13-22-18-15(11-8-12-16(18)24-17(20)4-2)19(21)23-14-9-6-5-7-10-14/h3-12H,1-2,13H2. The third-order valence-corrected chi connectivity index (χ3v) is 2.88. The summed E-state index contributed by atoms with van der Waals surface area (Å²) in [6, 6.07) is 13.2. The average Bonchev–Trinajstić information content (AvgIpc) is 2.61. The molecule has 0 spiro atoms. The number of hydrogen-bond donors (Lipinski definition) is 0. The van der Waals surface area contributed by atoms with Gasteiger partial charge in [0.2, 0.25) is 0 Å². The van der Waals surface area contributed by atoms with Crippen LogP contribution in [0.4, 0.5) is 0 Å². The molecule has 0 saturated carbocycles. The highest BCUT2D eigenvalue weighted by Crippen LogP contribution is 2.32. The zero-order valence-electron chi connectivity index (χ0n) is 12.9. The van der Waals surface area contributed by atoms with Crippen LogP contribution in [0, 0.1) is 0 Å². The highest BCUT2D eigenvalue weighted by molar-refractivity contribution is 5.95. The fraction of sp³-hybridized carbons (Fsp3) is 0.0526. The smallest absolute Gasteiger partial charge is 0.347 e. The Morgan fingerprint density at radius 1 is 0.958 bits per heavy atom. The van der Waals surface area contributed by atoms with Crippen LogP contribution >= 0.6 is 0 Å². The SMILES string of the molecule is C=CCOc1c(OC(=O)C=C)cccc1C(=O)Oc1ccccc1. The number of para-hydroxylation sites is 2. The summed E-state index contributed by atoms with van der Waals surface area (Å²) >= 11 is 0. The summed E-state index contributed by atoms with van der Waals surface area (Å²) in [5, 5.41) is 0. The second kappa shape index (κ2) is 8.33. The summed E-state index contributed by atoms with van der Waals surface area (Å²) in [4.78, 5) is 23.9. The molecule has 5 nitrogen and oxygen atoms in total. The van der Waals surface area contributed by atoms with Crippen molar-refractivity contribution in [3.8, 4) is 17.2 Å². The second-order valence-corrected chi connectivity index (χ2v) is 4.56. The van der Waals surface area contributed by atoms with Crippen molar-refractivity contribution in [1.82, 2.24) is 0 Å². The molecule has 2 aromatic rings. The maximum absolute atomic E-state index is 12.4. The molecule has 0 aromatic heterocycles. The van der Waals surface area contributed by atoms with Crippen molar-refractivity contribution in [1.29, 1.82) is 0 Å². The van der Waals surface area contributed by atoms with E-state index in [9.17, 15) is 9.59 Å². The van der Waals surface area contributed by atoms with Crippen molar-refractivity contribution in [2.24, 2.45) is 0 Å². The number of esters is 2. The van der Waals surface area contributed by atoms with Crippen LogP contribution in [0.3, 0.4) is 0 Å². The molecular weight excluding hydrogens is 308 g/mol. The van der Waals surface area contributed by atoms with Crippen molar-refractivity contribution in [3.05, 3.63) is 79.4 Å². The van der Waals surface area contributed by atoms with E-state index in [2.05, 4.69) is 13.2 Å². The Morgan fingerprint density at radius 3 is 2.38 bits per heavy atom. The lowest BCUT2D eigenvalue weighted by atomic mass is 10.2. The summed E-state index contributed by atoms with van der Waals surface area (Å²) < 4.78 is 15.9. The summed E-state index contributed by atoms with van der Waals surface area (Å²) in [5.74, 6) is -0.688. The van der Waals surface area contributed by atoms with Gasteiger partial charge in [0.1, 0.15) is 17.9 Å². The maximum atomic E-state index is 12.4. The third-order valence-electron chi connectivity index (χ3n) is 2.88. The van der Waals surface area contributed by atoms with Gasteiger partial charge in [-0.05, 0) is 24.3 Å². The van der Waals surface area contributed by atoms with Gasteiger partial charge in [-0.3, -0.25) is 0 Å². The summed E-state index contributed by atoms with van der Waals surface area (Å²) in [6.07, 6.45) is 2.53. The molecule has 0 amide bonds. The van der Waals surface area contributed by atoms with E-state index in [4.69, 9.17) is 14.2 Å². The Hall–Kier alpha value is -3.34. The Balaban J connectivity index is 2.34. The topological polar surface area (TPSA) is 61.8 Å². The Kier molecular flexibility index (Phi) is 5.91. The van der Waals surface area contributed by atoms with Gasteiger partial charge in [-0.15, -0.1) is 0 Å². The predicted octanol–water partition coefficient (Wildman–Crippen LogP) is 3.56. The molecule has 0 saturated heterocycles. The molecule has 0 aliphatic rings. The first kappa shape index (κ1) is 17.0. The van der Waals surface area contributed by atoms with Crippen molar-refractivity contribution >= 4 is 11.9 Å². The van der Waals surface area contributed by atoms with E-state index in [1.165, 1.54) is 18.2 Å². The van der Waals surface area contributed by atoms with Gasteiger partial charge in [-0.25, -0.2) is 9.59 Å². The van der Waals surface area contributed by atoms with E-state index in [0.717, 1.165) is 6.08 Å². The zero-order valence-corrected chi connectivity index (χ0v) is 12.9. The van der Waals surface area contributed by atoms with Crippen LogP contribution in [-0.4, -0.2) is 18.5 Å². The minimum atomic E-state index is -0.660. The zero-order chi connectivity index (χ0) is 17.4. The highest BCUT2D eigenvalue weighted by Gasteiger charge is 2.20. The average molecular weight is 324 g/mol. The van der Waals surface area contributed by atoms with Crippen molar-refractivity contribution in [2.75, 3.05) is 6.61 Å². The van der Waals surface area contributed by atoms with Crippen LogP contribution in [0.2, 0.25) is 0 Å². The van der Waals surface area contributed by atoms with Gasteiger partial charge in [-0.2, -0.15) is 0 Å². The van der Waals surface area contributed by atoms with E-state index < -0.39 is 11.9 Å². The molecule has 2 aromatic carbocycles. The molecule has 0 heterocycles. The van der Waals surface area contributed by atoms with E-state index in [-0.39, 0.29) is 23.7 Å². The molecule has 0 aliphatic heterocycles. The molecule has 0 unspecified atom stereocenters. The monoisotopic (exact) mass is 324 g/mol. The van der Waals surface area contributed by atoms with Crippen LogP contribution in [-0.2, 0) is 4.79 Å². The van der Waals surface area contributed by atoms with Gasteiger partial charge >= 0.3 is 11.9 Å². The molecule has 0 radical (unpaired) electrons. The Labute approximate surface area is 139 Å². The molecule has 0 N–H and O–H groups in total. The first-order chi connectivity index (χ1) is 11.7. The second-order valence-electron chi connectivity index (χ2n) is 4.56. The number of benzene rings is 2. The molecular formula is C19H16O5. The molecule has 0 fully saturated rings. The van der Waals surface area contributed by atoms with E-state index in [1.54, 1.807) is 30.3 Å². The molecule has 0 bridgehead atoms. The van der Waals surface area contributed by atoms with Gasteiger partial charge in [0.05, 0.1) is 0 Å². The van der Waals surface area contributed by atoms with Crippen LogP contribution in [0.15, 0.2) is 73.8 Å². The van der Waals surface area contributed by atoms with Crippen molar-refractivity contribution in [3.63, 3.8) is 0 Å². The lowest BCUT2D eigenvalue weighted by Crippen LogP contribution is -2.13. The Bertz CT molecular complexity index is 750. The summed E-state index contributed by atoms with van der Waals surface area (Å²) in [7, 11) is 0. The van der Waals surface area contributed by atoms with Crippen molar-refractivity contribution < 1.29 is 23.8 Å². The quantitative estimate of drug-likeness (QED) is 0.337. The molecule has 0 atom stereocenters. The number of carbonyl (C=O) groups is 2. The van der Waals surface area contributed by atoms with Gasteiger partial charge < -0.3 is 14.2 Å². The van der Waals surface area contributed by atoms with Crippen molar-refractivity contribution in [2.45, 2.75) is 0 Å². The number of hydrogen-bond acceptors (Lipinski definition) is 5. The fourth-order valence-corrected chi connectivity index (χ4v) is 1.85. The first-order valence-corrected chi connectivity index (χ1v) is 7.14. The minimum absolute atomic E-state index is 0.101. The first-order valence-electron chi connectivity index (χ1n) is 7.14. The van der Waals surface area contributed by atoms with Gasteiger partial charge in [0, 0.05) is 6.08 Å². The predicted molar refractivity (Wildman–Crippen MR) is 89.4 cm³/mol. The van der Waals surface area contributed by atoms with Crippen LogP contribution < -0.4 is 14.2 Å². The largest absolute Gasteiger partial charge is 0.485 e. The molecule has 5 heteroatoms. The van der Waals surface area contributed by atoms with Gasteiger partial charge in [0.15, 0.2) is 11.5 Å². The third kappa shape index (κ3) is 4.33. The summed E-state index contributed by atoms with van der Waals surface area (Å²) in [6.45, 7) is 7.03. The molecule has 2 rings (SSSR count). The fourth-order valence-electron chi connectivity index (χ4n) is 1.85. The van der Waals surface area contributed by atoms with E-state index in [0.29, 0.717) is 5.75 Å². The van der Waals surface area contributed by atoms with E-state index in [1.807, 2.05) is 6.07 Å². The van der Waals surface area contributed by atoms with Gasteiger partial charge in [-0.1, -0.05) is 43.5 Å². The molecule has 122 valence electrons. The highest BCUT2D eigenvalue weighted by atomic mass is 16.6. The maximum Gasteiger partial charge on any atom is 0.347 e. The number of ether oxygens (including phenoxy) is 3. The van der Waals surface area contributed by atoms with E-state index >= 15 is 0 Å². The lowest BCUT2D eigenvalue weighted by Gasteiger charge is -2.13. The van der Waals surface area contributed by atoms with Gasteiger partial charge in [0.25, 0.3) is 0 Å². The van der Waals surface area contributed by atoms with Crippen LogP contribution in [0.1, 0.15) is 10.4 Å². The minimum Gasteiger partial charge on any atom is -0.485 e. The van der Waals surface area contributed by atoms with Crippen LogP contribution in [0.5, 0.6) is 17.2 Å². The summed E-state index contributed by atoms with van der Waals surface area (Å²) in [5.41, 5.74) is 0.134. The number of carbonyl (C=O) groups excluding carboxylic acids is 2. The molecule has 24 heavy (non-hydrogen) atoms. The van der Waals surface area contributed by atoms with Crippen LogP contribution in [0.25, 0.3) is 0 Å². The lowest BCUT2D eigenvalue weighted by molar-refractivity contribution is -0.129. The molecule has 0 aliphatic carbocycles. The normalized spacial score (nSPS) is 9.67.